The number of ether oxygens (including phenoxy) is 1. The first-order valence-electron chi connectivity index (χ1n) is 5.40. The molecule has 0 saturated heterocycles. The number of nitrogens with one attached hydrogen (secondary N) is 2. The number of methoxy groups -OCH3 is 1. The topological polar surface area (TPSA) is 50.4 Å². The minimum Gasteiger partial charge on any atom is -0.377 e. The molecule has 0 spiro atoms. The first kappa shape index (κ1) is 14.4. The van der Waals surface area contributed by atoms with Gasteiger partial charge in [-0.15, -0.1) is 0 Å². The summed E-state index contributed by atoms with van der Waals surface area (Å²) in [5.74, 6) is 0.528. The van der Waals surface area contributed by atoms with Crippen LogP contribution >= 0.6 is 0 Å². The molecule has 0 saturated carbocycles. The molecule has 0 aromatic rings. The smallest absolute Gasteiger partial charge is 0.233 e. The van der Waals surface area contributed by atoms with Gasteiger partial charge in [0.2, 0.25) is 5.91 Å². The first-order valence-corrected chi connectivity index (χ1v) is 5.40. The van der Waals surface area contributed by atoms with Crippen molar-refractivity contribution in [2.24, 2.45) is 5.92 Å². The van der Waals surface area contributed by atoms with Crippen LogP contribution in [0.2, 0.25) is 0 Å². The molecule has 4 nitrogen and oxygen atoms in total. The maximum Gasteiger partial charge on any atom is 0.233 e. The van der Waals surface area contributed by atoms with Gasteiger partial charge in [0.15, 0.2) is 0 Å². The van der Waals surface area contributed by atoms with Crippen LogP contribution in [0.25, 0.3) is 0 Å². The van der Waals surface area contributed by atoms with Crippen LogP contribution in [0.5, 0.6) is 0 Å². The average Bonchev–Trinajstić information content (AvgIpc) is 2.14. The van der Waals surface area contributed by atoms with Crippen LogP contribution in [0.1, 0.15) is 27.7 Å². The number of hydrogen-bond donors (Lipinski definition) is 2. The van der Waals surface area contributed by atoms with E-state index in [1.807, 2.05) is 13.8 Å². The number of hydrogen-bond acceptors (Lipinski definition) is 3. The average molecular weight is 216 g/mol. The molecule has 0 heterocycles. The second-order valence-corrected chi connectivity index (χ2v) is 4.77. The number of rotatable bonds is 7. The Kier molecular flexibility index (Phi) is 6.52. The van der Waals surface area contributed by atoms with E-state index >= 15 is 0 Å². The van der Waals surface area contributed by atoms with Crippen molar-refractivity contribution in [3.63, 3.8) is 0 Å². The van der Waals surface area contributed by atoms with Gasteiger partial charge in [-0.2, -0.15) is 0 Å². The van der Waals surface area contributed by atoms with Crippen LogP contribution in [0.15, 0.2) is 0 Å². The predicted octanol–water partition coefficient (Wildman–Crippen LogP) is 0.773. The molecule has 0 radical (unpaired) electrons. The fraction of sp³-hybridized carbons (Fsp3) is 0.909. The second kappa shape index (κ2) is 6.80. The molecule has 0 aliphatic carbocycles. The van der Waals surface area contributed by atoms with Crippen molar-refractivity contribution < 1.29 is 9.53 Å². The van der Waals surface area contributed by atoms with Gasteiger partial charge < -0.3 is 15.4 Å². The predicted molar refractivity (Wildman–Crippen MR) is 61.8 cm³/mol. The fourth-order valence-electron chi connectivity index (χ4n) is 0.930. The van der Waals surface area contributed by atoms with E-state index < -0.39 is 0 Å². The summed E-state index contributed by atoms with van der Waals surface area (Å²) in [5, 5.41) is 5.91. The van der Waals surface area contributed by atoms with Crippen molar-refractivity contribution in [3.05, 3.63) is 0 Å². The van der Waals surface area contributed by atoms with Gasteiger partial charge in [0.25, 0.3) is 0 Å². The Balaban J connectivity index is 3.55. The summed E-state index contributed by atoms with van der Waals surface area (Å²) in [4.78, 5) is 11.3. The summed E-state index contributed by atoms with van der Waals surface area (Å²) < 4.78 is 5.22. The Morgan fingerprint density at radius 1 is 1.40 bits per heavy atom. The zero-order valence-corrected chi connectivity index (χ0v) is 10.5. The molecule has 0 aliphatic heterocycles. The molecule has 15 heavy (non-hydrogen) atoms. The van der Waals surface area contributed by atoms with E-state index in [0.717, 1.165) is 6.54 Å². The van der Waals surface area contributed by atoms with E-state index in [-0.39, 0.29) is 11.5 Å². The SMILES string of the molecule is COC(C)(C)CNCC(=O)NCC(C)C. The summed E-state index contributed by atoms with van der Waals surface area (Å²) in [6.07, 6.45) is 0. The van der Waals surface area contributed by atoms with Gasteiger partial charge in [-0.1, -0.05) is 13.8 Å². The monoisotopic (exact) mass is 216 g/mol. The molecule has 4 heteroatoms. The van der Waals surface area contributed by atoms with Crippen molar-refractivity contribution in [1.82, 2.24) is 10.6 Å². The summed E-state index contributed by atoms with van der Waals surface area (Å²) in [6, 6.07) is 0. The van der Waals surface area contributed by atoms with Crippen LogP contribution in [0, 0.1) is 5.92 Å². The van der Waals surface area contributed by atoms with Crippen LogP contribution in [-0.4, -0.2) is 38.3 Å². The maximum atomic E-state index is 11.3. The lowest BCUT2D eigenvalue weighted by molar-refractivity contribution is -0.120. The van der Waals surface area contributed by atoms with Crippen LogP contribution in [0.4, 0.5) is 0 Å². The Morgan fingerprint density at radius 3 is 2.47 bits per heavy atom. The van der Waals surface area contributed by atoms with Gasteiger partial charge in [0.1, 0.15) is 0 Å². The molecule has 0 rings (SSSR count). The number of carbonyl (C=O) groups is 1. The van der Waals surface area contributed by atoms with Crippen molar-refractivity contribution >= 4 is 5.91 Å². The van der Waals surface area contributed by atoms with E-state index in [2.05, 4.69) is 24.5 Å². The Bertz CT molecular complexity index is 191. The van der Waals surface area contributed by atoms with Crippen LogP contribution in [-0.2, 0) is 9.53 Å². The zero-order valence-electron chi connectivity index (χ0n) is 10.5. The van der Waals surface area contributed by atoms with Crippen molar-refractivity contribution in [2.75, 3.05) is 26.7 Å². The van der Waals surface area contributed by atoms with Gasteiger partial charge in [-0.3, -0.25) is 4.79 Å². The standard InChI is InChI=1S/C11H24N2O2/c1-9(2)6-13-10(14)7-12-8-11(3,4)15-5/h9,12H,6-8H2,1-5H3,(H,13,14). The minimum absolute atomic E-state index is 0.0376. The summed E-state index contributed by atoms with van der Waals surface area (Å²) >= 11 is 0. The Morgan fingerprint density at radius 2 is 2.00 bits per heavy atom. The largest absolute Gasteiger partial charge is 0.377 e. The maximum absolute atomic E-state index is 11.3. The van der Waals surface area contributed by atoms with Crippen LogP contribution in [0.3, 0.4) is 0 Å². The van der Waals surface area contributed by atoms with Gasteiger partial charge >= 0.3 is 0 Å². The molecule has 1 amide bonds. The fourth-order valence-corrected chi connectivity index (χ4v) is 0.930. The van der Waals surface area contributed by atoms with Crippen molar-refractivity contribution in [2.45, 2.75) is 33.3 Å². The molecular weight excluding hydrogens is 192 g/mol. The molecule has 2 N–H and O–H groups in total. The van der Waals surface area contributed by atoms with E-state index in [9.17, 15) is 4.79 Å². The lowest BCUT2D eigenvalue weighted by Gasteiger charge is -2.23. The van der Waals surface area contributed by atoms with Crippen molar-refractivity contribution in [3.8, 4) is 0 Å². The van der Waals surface area contributed by atoms with Gasteiger partial charge in [-0.25, -0.2) is 0 Å². The molecule has 0 atom stereocenters. The lowest BCUT2D eigenvalue weighted by Crippen LogP contribution is -2.42. The molecular formula is C11H24N2O2. The van der Waals surface area contributed by atoms with Crippen molar-refractivity contribution in [1.29, 1.82) is 0 Å². The third kappa shape index (κ3) is 8.39. The molecule has 0 fully saturated rings. The number of amides is 1. The first-order chi connectivity index (χ1) is 6.87. The summed E-state index contributed by atoms with van der Waals surface area (Å²) in [6.45, 7) is 9.84. The quantitative estimate of drug-likeness (QED) is 0.661. The third-order valence-corrected chi connectivity index (χ3v) is 2.10. The van der Waals surface area contributed by atoms with E-state index in [0.29, 0.717) is 19.0 Å². The van der Waals surface area contributed by atoms with Gasteiger partial charge in [0, 0.05) is 20.2 Å². The van der Waals surface area contributed by atoms with Gasteiger partial charge in [0.05, 0.1) is 12.1 Å². The van der Waals surface area contributed by atoms with Crippen LogP contribution < -0.4 is 10.6 Å². The molecule has 90 valence electrons. The highest BCUT2D eigenvalue weighted by Gasteiger charge is 2.15. The summed E-state index contributed by atoms with van der Waals surface area (Å²) in [5.41, 5.74) is -0.224. The van der Waals surface area contributed by atoms with E-state index in [4.69, 9.17) is 4.74 Å². The second-order valence-electron chi connectivity index (χ2n) is 4.77. The highest BCUT2D eigenvalue weighted by atomic mass is 16.5. The van der Waals surface area contributed by atoms with Gasteiger partial charge in [-0.05, 0) is 19.8 Å². The normalized spacial score (nSPS) is 11.9. The minimum atomic E-state index is -0.224. The summed E-state index contributed by atoms with van der Waals surface area (Å²) in [7, 11) is 1.67. The van der Waals surface area contributed by atoms with E-state index in [1.54, 1.807) is 7.11 Å². The third-order valence-electron chi connectivity index (χ3n) is 2.10. The molecule has 0 bridgehead atoms. The highest BCUT2D eigenvalue weighted by Crippen LogP contribution is 2.03. The molecule has 0 aliphatic rings. The van der Waals surface area contributed by atoms with E-state index in [1.165, 1.54) is 0 Å². The number of carbonyl (C=O) groups excluding carboxylic acids is 1. The highest BCUT2D eigenvalue weighted by molar-refractivity contribution is 5.77. The molecule has 0 aromatic heterocycles. The molecule has 0 aromatic carbocycles. The lowest BCUT2D eigenvalue weighted by atomic mass is 10.1. The Labute approximate surface area is 92.8 Å². The Hall–Kier alpha value is -0.610. The molecule has 0 unspecified atom stereocenters. The zero-order chi connectivity index (χ0) is 11.9.